The fourth-order valence-electron chi connectivity index (χ4n) is 2.47. The Morgan fingerprint density at radius 2 is 1.96 bits per heavy atom. The van der Waals surface area contributed by atoms with Gasteiger partial charge in [-0.25, -0.2) is 4.79 Å². The minimum atomic E-state index is -0.347. The van der Waals surface area contributed by atoms with Crippen LogP contribution < -0.4 is 20.1 Å². The van der Waals surface area contributed by atoms with Gasteiger partial charge in [-0.2, -0.15) is 0 Å². The Morgan fingerprint density at radius 1 is 1.18 bits per heavy atom. The summed E-state index contributed by atoms with van der Waals surface area (Å²) < 4.78 is 11.3. The first-order chi connectivity index (χ1) is 13.5. The fraction of sp³-hybridized carbons (Fsp3) is 0.263. The third-order valence-electron chi connectivity index (χ3n) is 3.93. The number of amides is 2. The van der Waals surface area contributed by atoms with Gasteiger partial charge in [-0.1, -0.05) is 17.4 Å². The molecule has 0 saturated carbocycles. The zero-order valence-electron chi connectivity index (χ0n) is 15.8. The van der Waals surface area contributed by atoms with Gasteiger partial charge in [-0.3, -0.25) is 10.3 Å². The number of nitrogens with zero attached hydrogens (tertiary/aromatic N) is 3. The highest BCUT2D eigenvalue weighted by molar-refractivity contribution is 7.15. The molecule has 0 unspecified atom stereocenters. The van der Waals surface area contributed by atoms with Crippen LogP contribution in [0.5, 0.6) is 11.5 Å². The molecule has 0 bridgehead atoms. The largest absolute Gasteiger partial charge is 0.493 e. The molecule has 28 heavy (non-hydrogen) atoms. The van der Waals surface area contributed by atoms with Gasteiger partial charge in [-0.15, -0.1) is 10.2 Å². The van der Waals surface area contributed by atoms with E-state index in [0.717, 1.165) is 16.1 Å². The van der Waals surface area contributed by atoms with Crippen LogP contribution in [-0.2, 0) is 6.61 Å². The van der Waals surface area contributed by atoms with Gasteiger partial charge < -0.3 is 14.8 Å². The molecule has 0 saturated heterocycles. The first-order valence-electron chi connectivity index (χ1n) is 8.62. The predicted octanol–water partition coefficient (Wildman–Crippen LogP) is 3.71. The summed E-state index contributed by atoms with van der Waals surface area (Å²) in [6.45, 7) is 4.13. The van der Waals surface area contributed by atoms with Crippen molar-refractivity contribution in [2.45, 2.75) is 26.5 Å². The number of rotatable bonds is 7. The second kappa shape index (κ2) is 9.14. The average molecular weight is 399 g/mol. The van der Waals surface area contributed by atoms with Crippen molar-refractivity contribution < 1.29 is 14.3 Å². The summed E-state index contributed by atoms with van der Waals surface area (Å²) in [7, 11) is 1.58. The quantitative estimate of drug-likeness (QED) is 0.628. The number of methoxy groups -OCH3 is 1. The van der Waals surface area contributed by atoms with Gasteiger partial charge in [0.1, 0.15) is 11.6 Å². The number of nitrogens with one attached hydrogen (secondary N) is 2. The summed E-state index contributed by atoms with van der Waals surface area (Å²) >= 11 is 1.32. The maximum atomic E-state index is 12.1. The molecular formula is C19H21N5O3S. The average Bonchev–Trinajstić information content (AvgIpc) is 3.11. The molecule has 0 aliphatic heterocycles. The van der Waals surface area contributed by atoms with Gasteiger partial charge in [0.15, 0.2) is 11.5 Å². The minimum Gasteiger partial charge on any atom is -0.493 e. The fourth-order valence-corrected chi connectivity index (χ4v) is 3.06. The Bertz CT molecular complexity index is 932. The molecule has 1 aromatic carbocycles. The number of pyridine rings is 1. The number of carbonyl (C=O) groups excluding carboxylic acids is 1. The minimum absolute atomic E-state index is 0.239. The summed E-state index contributed by atoms with van der Waals surface area (Å²) in [5.41, 5.74) is 1.90. The highest BCUT2D eigenvalue weighted by Gasteiger charge is 2.14. The molecule has 2 N–H and O–H groups in total. The van der Waals surface area contributed by atoms with Crippen LogP contribution in [0.1, 0.15) is 29.1 Å². The van der Waals surface area contributed by atoms with E-state index in [0.29, 0.717) is 23.2 Å². The number of hydrogen-bond donors (Lipinski definition) is 2. The molecule has 2 aromatic heterocycles. The molecule has 2 heterocycles. The number of ether oxygens (including phenoxy) is 2. The summed E-state index contributed by atoms with van der Waals surface area (Å²) in [6.07, 6.45) is 3.45. The first kappa shape index (κ1) is 19.6. The van der Waals surface area contributed by atoms with E-state index in [-0.39, 0.29) is 12.1 Å². The lowest BCUT2D eigenvalue weighted by Crippen LogP contribution is -2.31. The summed E-state index contributed by atoms with van der Waals surface area (Å²) in [4.78, 5) is 16.1. The van der Waals surface area contributed by atoms with Crippen LogP contribution in [0.4, 0.5) is 9.93 Å². The zero-order valence-corrected chi connectivity index (χ0v) is 16.6. The van der Waals surface area contributed by atoms with Crippen molar-refractivity contribution in [2.24, 2.45) is 0 Å². The van der Waals surface area contributed by atoms with E-state index < -0.39 is 0 Å². The Labute approximate surface area is 166 Å². The van der Waals surface area contributed by atoms with Crippen molar-refractivity contribution in [3.8, 4) is 11.5 Å². The van der Waals surface area contributed by atoms with E-state index in [1.165, 1.54) is 11.3 Å². The lowest BCUT2D eigenvalue weighted by Gasteiger charge is -2.17. The van der Waals surface area contributed by atoms with Crippen molar-refractivity contribution in [2.75, 3.05) is 12.4 Å². The topological polar surface area (TPSA) is 98.3 Å². The summed E-state index contributed by atoms with van der Waals surface area (Å²) in [6, 6.07) is 8.78. The molecule has 0 aliphatic rings. The molecule has 3 aromatic rings. The summed E-state index contributed by atoms with van der Waals surface area (Å²) in [5.74, 6) is 1.23. The van der Waals surface area contributed by atoms with Crippen LogP contribution in [0.3, 0.4) is 0 Å². The van der Waals surface area contributed by atoms with Crippen LogP contribution in [0, 0.1) is 6.92 Å². The van der Waals surface area contributed by atoms with E-state index in [9.17, 15) is 4.79 Å². The number of hydrogen-bond acceptors (Lipinski definition) is 7. The zero-order chi connectivity index (χ0) is 19.9. The standard InChI is InChI=1S/C19H21N5O3S/c1-12(21-18(25)22-19-24-23-13(2)28-19)15-4-5-16(17(10-15)26-3)27-11-14-6-8-20-9-7-14/h4-10,12H,11H2,1-3H3,(H2,21,22,24,25)/t12-/m0/s1. The van der Waals surface area contributed by atoms with Gasteiger partial charge in [0, 0.05) is 12.4 Å². The van der Waals surface area contributed by atoms with Crippen molar-refractivity contribution in [3.05, 3.63) is 58.9 Å². The van der Waals surface area contributed by atoms with Crippen LogP contribution in [0.15, 0.2) is 42.7 Å². The van der Waals surface area contributed by atoms with Gasteiger partial charge in [0.25, 0.3) is 0 Å². The van der Waals surface area contributed by atoms with Crippen molar-refractivity contribution >= 4 is 22.5 Å². The molecule has 9 heteroatoms. The van der Waals surface area contributed by atoms with Crippen LogP contribution in [-0.4, -0.2) is 28.3 Å². The number of anilines is 1. The SMILES string of the molecule is COc1cc([C@H](C)NC(=O)Nc2nnc(C)s2)ccc1OCc1ccncc1. The molecule has 0 radical (unpaired) electrons. The number of carbonyl (C=O) groups is 1. The molecule has 146 valence electrons. The molecule has 3 rings (SSSR count). The third kappa shape index (κ3) is 5.17. The van der Waals surface area contributed by atoms with E-state index in [1.807, 2.05) is 44.2 Å². The first-order valence-corrected chi connectivity index (χ1v) is 9.44. The molecule has 0 spiro atoms. The smallest absolute Gasteiger partial charge is 0.321 e. The Hall–Kier alpha value is -3.20. The Balaban J connectivity index is 1.62. The van der Waals surface area contributed by atoms with E-state index in [2.05, 4.69) is 25.8 Å². The second-order valence-electron chi connectivity index (χ2n) is 6.00. The second-order valence-corrected chi connectivity index (χ2v) is 7.18. The van der Waals surface area contributed by atoms with Gasteiger partial charge in [0.2, 0.25) is 5.13 Å². The molecule has 1 atom stereocenters. The lowest BCUT2D eigenvalue weighted by molar-refractivity contribution is 0.249. The Morgan fingerprint density at radius 3 is 2.64 bits per heavy atom. The Kier molecular flexibility index (Phi) is 6.38. The summed E-state index contributed by atoms with van der Waals surface area (Å²) in [5, 5.41) is 14.5. The van der Waals surface area contributed by atoms with Crippen molar-refractivity contribution in [3.63, 3.8) is 0 Å². The highest BCUT2D eigenvalue weighted by Crippen LogP contribution is 2.31. The lowest BCUT2D eigenvalue weighted by atomic mass is 10.1. The monoisotopic (exact) mass is 399 g/mol. The van der Waals surface area contributed by atoms with Gasteiger partial charge >= 0.3 is 6.03 Å². The molecule has 0 aliphatic carbocycles. The number of urea groups is 1. The van der Waals surface area contributed by atoms with Gasteiger partial charge in [0.05, 0.1) is 13.2 Å². The molecule has 2 amide bonds. The normalized spacial score (nSPS) is 11.5. The molecule has 8 nitrogen and oxygen atoms in total. The van der Waals surface area contributed by atoms with E-state index in [1.54, 1.807) is 19.5 Å². The maximum Gasteiger partial charge on any atom is 0.321 e. The molecular weight excluding hydrogens is 378 g/mol. The predicted molar refractivity (Wildman–Crippen MR) is 107 cm³/mol. The highest BCUT2D eigenvalue weighted by atomic mass is 32.1. The maximum absolute atomic E-state index is 12.1. The third-order valence-corrected chi connectivity index (χ3v) is 4.68. The van der Waals surface area contributed by atoms with E-state index in [4.69, 9.17) is 9.47 Å². The van der Waals surface area contributed by atoms with Gasteiger partial charge in [-0.05, 0) is 49.2 Å². The van der Waals surface area contributed by atoms with Crippen molar-refractivity contribution in [1.29, 1.82) is 0 Å². The number of benzene rings is 1. The number of aryl methyl sites for hydroxylation is 1. The van der Waals surface area contributed by atoms with Crippen LogP contribution in [0.2, 0.25) is 0 Å². The molecule has 0 fully saturated rings. The number of aromatic nitrogens is 3. The van der Waals surface area contributed by atoms with Crippen LogP contribution >= 0.6 is 11.3 Å². The van der Waals surface area contributed by atoms with E-state index >= 15 is 0 Å². The van der Waals surface area contributed by atoms with Crippen LogP contribution in [0.25, 0.3) is 0 Å². The van der Waals surface area contributed by atoms with Crippen molar-refractivity contribution in [1.82, 2.24) is 20.5 Å².